The van der Waals surface area contributed by atoms with Gasteiger partial charge in [0, 0.05) is 10.7 Å². The van der Waals surface area contributed by atoms with E-state index in [0.717, 1.165) is 0 Å². The summed E-state index contributed by atoms with van der Waals surface area (Å²) in [5.74, 6) is -1.25. The van der Waals surface area contributed by atoms with Crippen LogP contribution in [0.3, 0.4) is 0 Å². The summed E-state index contributed by atoms with van der Waals surface area (Å²) in [5.41, 5.74) is 0.805. The Labute approximate surface area is 154 Å². The Morgan fingerprint density at radius 3 is 2.50 bits per heavy atom. The standard InChI is InChI=1S/C16H17ClN4O5/c1-9-15(21(24)25)10(2)20(19-9)8-14(22)26-11(3)16(23)18-13-6-4-12(17)5-7-13/h4-7,11H,8H2,1-3H3,(H,18,23)/t11-/m1/s1. The molecule has 0 bridgehead atoms. The monoisotopic (exact) mass is 380 g/mol. The Hall–Kier alpha value is -2.94. The Kier molecular flexibility index (Phi) is 5.93. The molecule has 1 aromatic heterocycles. The smallest absolute Gasteiger partial charge is 0.328 e. The minimum Gasteiger partial charge on any atom is -0.451 e. The van der Waals surface area contributed by atoms with Gasteiger partial charge < -0.3 is 10.1 Å². The first-order valence-corrected chi connectivity index (χ1v) is 8.01. The van der Waals surface area contributed by atoms with E-state index < -0.39 is 22.9 Å². The van der Waals surface area contributed by atoms with Gasteiger partial charge in [0.05, 0.1) is 4.92 Å². The third kappa shape index (κ3) is 4.57. The fourth-order valence-electron chi connectivity index (χ4n) is 2.29. The van der Waals surface area contributed by atoms with Crippen molar-refractivity contribution in [3.05, 3.63) is 50.8 Å². The number of rotatable bonds is 6. The van der Waals surface area contributed by atoms with Gasteiger partial charge in [0.1, 0.15) is 17.9 Å². The van der Waals surface area contributed by atoms with Crippen molar-refractivity contribution in [2.24, 2.45) is 0 Å². The van der Waals surface area contributed by atoms with Crippen LogP contribution in [-0.4, -0.2) is 32.7 Å². The molecule has 0 saturated carbocycles. The van der Waals surface area contributed by atoms with Crippen molar-refractivity contribution in [2.45, 2.75) is 33.4 Å². The van der Waals surface area contributed by atoms with Crippen molar-refractivity contribution in [2.75, 3.05) is 5.32 Å². The summed E-state index contributed by atoms with van der Waals surface area (Å²) in [6.07, 6.45) is -1.05. The predicted molar refractivity (Wildman–Crippen MR) is 94.0 cm³/mol. The van der Waals surface area contributed by atoms with E-state index in [2.05, 4.69) is 10.4 Å². The summed E-state index contributed by atoms with van der Waals surface area (Å²) in [6.45, 7) is 4.06. The molecule has 0 aliphatic carbocycles. The molecule has 0 aliphatic rings. The van der Waals surface area contributed by atoms with E-state index in [1.807, 2.05) is 0 Å². The van der Waals surface area contributed by atoms with Crippen LogP contribution >= 0.6 is 11.6 Å². The molecule has 1 N–H and O–H groups in total. The van der Waals surface area contributed by atoms with Gasteiger partial charge in [-0.3, -0.25) is 24.4 Å². The van der Waals surface area contributed by atoms with E-state index in [0.29, 0.717) is 10.7 Å². The Bertz CT molecular complexity index is 847. The van der Waals surface area contributed by atoms with Gasteiger partial charge >= 0.3 is 11.7 Å². The number of halogens is 1. The first kappa shape index (κ1) is 19.4. The maximum absolute atomic E-state index is 12.1. The molecule has 0 saturated heterocycles. The van der Waals surface area contributed by atoms with E-state index in [1.54, 1.807) is 24.3 Å². The molecule has 10 heteroatoms. The third-order valence-electron chi connectivity index (χ3n) is 3.59. The minimum atomic E-state index is -1.05. The second kappa shape index (κ2) is 7.96. The van der Waals surface area contributed by atoms with Gasteiger partial charge in [-0.25, -0.2) is 0 Å². The van der Waals surface area contributed by atoms with Crippen LogP contribution in [0.25, 0.3) is 0 Å². The summed E-state index contributed by atoms with van der Waals surface area (Å²) in [6, 6.07) is 6.46. The van der Waals surface area contributed by atoms with Gasteiger partial charge in [0.15, 0.2) is 6.10 Å². The first-order valence-electron chi connectivity index (χ1n) is 7.63. The number of hydrogen-bond donors (Lipinski definition) is 1. The molecule has 2 aromatic rings. The number of amides is 1. The van der Waals surface area contributed by atoms with Gasteiger partial charge in [-0.2, -0.15) is 5.10 Å². The van der Waals surface area contributed by atoms with Gasteiger partial charge in [-0.1, -0.05) is 11.6 Å². The maximum Gasteiger partial charge on any atom is 0.328 e. The summed E-state index contributed by atoms with van der Waals surface area (Å²) in [5, 5.41) is 18.1. The molecule has 0 aliphatic heterocycles. The van der Waals surface area contributed by atoms with Crippen molar-refractivity contribution < 1.29 is 19.2 Å². The second-order valence-corrected chi connectivity index (χ2v) is 6.00. The molecule has 138 valence electrons. The highest BCUT2D eigenvalue weighted by atomic mass is 35.5. The van der Waals surface area contributed by atoms with Gasteiger partial charge in [0.2, 0.25) is 0 Å². The Morgan fingerprint density at radius 1 is 1.35 bits per heavy atom. The van der Waals surface area contributed by atoms with Crippen molar-refractivity contribution in [3.63, 3.8) is 0 Å². The van der Waals surface area contributed by atoms with E-state index in [4.69, 9.17) is 16.3 Å². The zero-order valence-electron chi connectivity index (χ0n) is 14.4. The van der Waals surface area contributed by atoms with Crippen molar-refractivity contribution in [1.29, 1.82) is 0 Å². The van der Waals surface area contributed by atoms with Crippen LogP contribution in [0.4, 0.5) is 11.4 Å². The minimum absolute atomic E-state index is 0.147. The molecule has 0 fully saturated rings. The quantitative estimate of drug-likeness (QED) is 0.467. The molecule has 1 aromatic carbocycles. The lowest BCUT2D eigenvalue weighted by Crippen LogP contribution is -2.31. The summed E-state index contributed by atoms with van der Waals surface area (Å²) in [4.78, 5) is 34.5. The van der Waals surface area contributed by atoms with Crippen LogP contribution in [0.1, 0.15) is 18.3 Å². The van der Waals surface area contributed by atoms with Gasteiger partial charge in [-0.15, -0.1) is 0 Å². The Balaban J connectivity index is 1.96. The zero-order chi connectivity index (χ0) is 19.4. The lowest BCUT2D eigenvalue weighted by molar-refractivity contribution is -0.386. The molecular weight excluding hydrogens is 364 g/mol. The van der Waals surface area contributed by atoms with Gasteiger partial charge in [0.25, 0.3) is 5.91 Å². The fourth-order valence-corrected chi connectivity index (χ4v) is 2.42. The summed E-state index contributed by atoms with van der Waals surface area (Å²) in [7, 11) is 0. The number of nitrogens with zero attached hydrogens (tertiary/aromatic N) is 3. The number of carbonyl (C=O) groups excluding carboxylic acids is 2. The molecule has 0 spiro atoms. The molecule has 1 atom stereocenters. The number of anilines is 1. The summed E-state index contributed by atoms with van der Waals surface area (Å²) < 4.78 is 6.25. The molecular formula is C16H17ClN4O5. The highest BCUT2D eigenvalue weighted by Crippen LogP contribution is 2.21. The van der Waals surface area contributed by atoms with Crippen LogP contribution in [0.2, 0.25) is 5.02 Å². The third-order valence-corrected chi connectivity index (χ3v) is 3.85. The largest absolute Gasteiger partial charge is 0.451 e. The highest BCUT2D eigenvalue weighted by Gasteiger charge is 2.24. The van der Waals surface area contributed by atoms with E-state index in [-0.39, 0.29) is 23.6 Å². The zero-order valence-corrected chi connectivity index (χ0v) is 15.1. The fraction of sp³-hybridized carbons (Fsp3) is 0.312. The number of aromatic nitrogens is 2. The maximum atomic E-state index is 12.1. The molecule has 0 unspecified atom stereocenters. The summed E-state index contributed by atoms with van der Waals surface area (Å²) >= 11 is 5.77. The van der Waals surface area contributed by atoms with Crippen molar-refractivity contribution in [3.8, 4) is 0 Å². The number of benzene rings is 1. The SMILES string of the molecule is Cc1nn(CC(=O)O[C@H](C)C(=O)Nc2ccc(Cl)cc2)c(C)c1[N+](=O)[O-]. The molecule has 26 heavy (non-hydrogen) atoms. The van der Waals surface area contributed by atoms with Crippen LogP contribution in [0, 0.1) is 24.0 Å². The Morgan fingerprint density at radius 2 is 1.96 bits per heavy atom. The van der Waals surface area contributed by atoms with Crippen LogP contribution in [-0.2, 0) is 20.9 Å². The number of ether oxygens (including phenoxy) is 1. The number of aryl methyl sites for hydroxylation is 1. The van der Waals surface area contributed by atoms with Crippen LogP contribution in [0.5, 0.6) is 0 Å². The van der Waals surface area contributed by atoms with E-state index >= 15 is 0 Å². The number of carbonyl (C=O) groups is 2. The predicted octanol–water partition coefficient (Wildman–Crippen LogP) is 2.63. The number of nitrogens with one attached hydrogen (secondary N) is 1. The lowest BCUT2D eigenvalue weighted by Gasteiger charge is -2.14. The topological polar surface area (TPSA) is 116 Å². The van der Waals surface area contributed by atoms with Crippen molar-refractivity contribution >= 4 is 34.9 Å². The number of nitro groups is 1. The number of hydrogen-bond acceptors (Lipinski definition) is 6. The van der Waals surface area contributed by atoms with Gasteiger partial charge in [-0.05, 0) is 45.0 Å². The van der Waals surface area contributed by atoms with Crippen molar-refractivity contribution in [1.82, 2.24) is 9.78 Å². The molecule has 2 rings (SSSR count). The number of esters is 1. The van der Waals surface area contributed by atoms with Crippen LogP contribution in [0.15, 0.2) is 24.3 Å². The first-order chi connectivity index (χ1) is 12.2. The van der Waals surface area contributed by atoms with Crippen LogP contribution < -0.4 is 5.32 Å². The highest BCUT2D eigenvalue weighted by molar-refractivity contribution is 6.30. The molecule has 1 amide bonds. The average molecular weight is 381 g/mol. The average Bonchev–Trinajstić information content (AvgIpc) is 2.83. The molecule has 1 heterocycles. The molecule has 0 radical (unpaired) electrons. The normalized spacial score (nSPS) is 11.7. The van der Waals surface area contributed by atoms with E-state index in [9.17, 15) is 19.7 Å². The second-order valence-electron chi connectivity index (χ2n) is 5.56. The molecule has 9 nitrogen and oxygen atoms in total. The van der Waals surface area contributed by atoms with E-state index in [1.165, 1.54) is 25.5 Å². The lowest BCUT2D eigenvalue weighted by atomic mass is 10.3.